The molecule has 2 atom stereocenters. The van der Waals surface area contributed by atoms with E-state index in [-0.39, 0.29) is 19.1 Å². The Morgan fingerprint density at radius 3 is 2.41 bits per heavy atom. The number of aliphatic hydroxyl groups excluding tert-OH is 1. The van der Waals surface area contributed by atoms with Crippen molar-refractivity contribution in [3.8, 4) is 0 Å². The third kappa shape index (κ3) is 4.42. The first-order valence-corrected chi connectivity index (χ1v) is 5.47. The Labute approximate surface area is 100 Å². The van der Waals surface area contributed by atoms with Crippen LogP contribution < -0.4 is 5.73 Å². The molecule has 0 unspecified atom stereocenters. The zero-order chi connectivity index (χ0) is 12.8. The van der Waals surface area contributed by atoms with E-state index in [0.717, 1.165) is 4.90 Å². The smallest absolute Gasteiger partial charge is 0.407 e. The summed E-state index contributed by atoms with van der Waals surface area (Å²) >= 11 is 0. The Kier molecular flexibility index (Phi) is 4.93. The first-order chi connectivity index (χ1) is 8.00. The summed E-state index contributed by atoms with van der Waals surface area (Å²) in [7, 11) is 0. The highest BCUT2D eigenvalue weighted by molar-refractivity contribution is 5.65. The normalized spacial score (nSPS) is 14.1. The van der Waals surface area contributed by atoms with Crippen LogP contribution in [0.15, 0.2) is 30.3 Å². The van der Waals surface area contributed by atoms with Crippen molar-refractivity contribution in [2.45, 2.75) is 19.1 Å². The molecule has 5 heteroatoms. The van der Waals surface area contributed by atoms with E-state index in [1.807, 2.05) is 6.07 Å². The van der Waals surface area contributed by atoms with Gasteiger partial charge in [0, 0.05) is 12.6 Å². The second-order valence-corrected chi connectivity index (χ2v) is 4.09. The van der Waals surface area contributed by atoms with Gasteiger partial charge in [0.1, 0.15) is 0 Å². The van der Waals surface area contributed by atoms with Crippen molar-refractivity contribution < 1.29 is 15.0 Å². The van der Waals surface area contributed by atoms with E-state index in [1.54, 1.807) is 31.2 Å². The summed E-state index contributed by atoms with van der Waals surface area (Å²) in [5.74, 6) is 0. The molecule has 0 aliphatic heterocycles. The van der Waals surface area contributed by atoms with Crippen LogP contribution in [-0.2, 0) is 0 Å². The van der Waals surface area contributed by atoms with E-state index >= 15 is 0 Å². The third-order valence-electron chi connectivity index (χ3n) is 2.36. The van der Waals surface area contributed by atoms with Crippen LogP contribution in [0.4, 0.5) is 4.79 Å². The Balaban J connectivity index is 2.64. The largest absolute Gasteiger partial charge is 0.465 e. The van der Waals surface area contributed by atoms with Crippen molar-refractivity contribution in [1.29, 1.82) is 0 Å². The number of hydrogen-bond donors (Lipinski definition) is 3. The maximum absolute atomic E-state index is 11.0. The Hall–Kier alpha value is -1.59. The molecule has 94 valence electrons. The lowest BCUT2D eigenvalue weighted by Crippen LogP contribution is -2.41. The molecule has 1 aromatic carbocycles. The summed E-state index contributed by atoms with van der Waals surface area (Å²) in [6, 6.07) is 8.71. The zero-order valence-electron chi connectivity index (χ0n) is 9.78. The minimum Gasteiger partial charge on any atom is -0.465 e. The number of hydrogen-bond acceptors (Lipinski definition) is 3. The molecule has 0 aliphatic carbocycles. The van der Waals surface area contributed by atoms with Gasteiger partial charge in [-0.25, -0.2) is 4.79 Å². The topological polar surface area (TPSA) is 86.8 Å². The molecule has 17 heavy (non-hydrogen) atoms. The second-order valence-electron chi connectivity index (χ2n) is 4.09. The van der Waals surface area contributed by atoms with Gasteiger partial charge in [0.15, 0.2) is 0 Å². The van der Waals surface area contributed by atoms with E-state index < -0.39 is 12.2 Å². The Morgan fingerprint density at radius 1 is 1.35 bits per heavy atom. The maximum atomic E-state index is 11.0. The van der Waals surface area contributed by atoms with E-state index in [9.17, 15) is 9.90 Å². The molecular weight excluding hydrogens is 220 g/mol. The van der Waals surface area contributed by atoms with Crippen molar-refractivity contribution >= 4 is 6.09 Å². The molecule has 4 N–H and O–H groups in total. The van der Waals surface area contributed by atoms with Crippen molar-refractivity contribution in [3.63, 3.8) is 0 Å². The summed E-state index contributed by atoms with van der Waals surface area (Å²) in [5, 5.41) is 18.9. The molecule has 1 amide bonds. The molecule has 1 rings (SSSR count). The summed E-state index contributed by atoms with van der Waals surface area (Å²) in [4.78, 5) is 12.1. The molecule has 0 aromatic heterocycles. The van der Waals surface area contributed by atoms with Gasteiger partial charge in [0.2, 0.25) is 0 Å². The van der Waals surface area contributed by atoms with Gasteiger partial charge in [-0.15, -0.1) is 0 Å². The molecule has 0 bridgehead atoms. The molecule has 0 saturated heterocycles. The number of nitrogens with two attached hydrogens (primary N) is 1. The van der Waals surface area contributed by atoms with Gasteiger partial charge in [-0.2, -0.15) is 0 Å². The zero-order valence-corrected chi connectivity index (χ0v) is 9.78. The number of carbonyl (C=O) groups is 1. The van der Waals surface area contributed by atoms with Crippen LogP contribution in [0, 0.1) is 0 Å². The van der Waals surface area contributed by atoms with Crippen LogP contribution in [-0.4, -0.2) is 40.3 Å². The van der Waals surface area contributed by atoms with Crippen LogP contribution in [0.2, 0.25) is 0 Å². The van der Waals surface area contributed by atoms with Gasteiger partial charge in [-0.3, -0.25) is 0 Å². The molecule has 5 nitrogen and oxygen atoms in total. The van der Waals surface area contributed by atoms with Gasteiger partial charge in [0.25, 0.3) is 0 Å². The second kappa shape index (κ2) is 6.22. The number of amides is 1. The van der Waals surface area contributed by atoms with E-state index in [0.29, 0.717) is 5.56 Å². The average Bonchev–Trinajstić information content (AvgIpc) is 2.28. The predicted octanol–water partition coefficient (Wildman–Crippen LogP) is 1.05. The van der Waals surface area contributed by atoms with Crippen LogP contribution in [0.1, 0.15) is 18.6 Å². The number of carboxylic acid groups (broad SMARTS) is 1. The Morgan fingerprint density at radius 2 is 1.94 bits per heavy atom. The van der Waals surface area contributed by atoms with E-state index in [2.05, 4.69) is 0 Å². The summed E-state index contributed by atoms with van der Waals surface area (Å²) < 4.78 is 0. The number of rotatable bonds is 5. The summed E-state index contributed by atoms with van der Waals surface area (Å²) in [6.07, 6.45) is -1.90. The highest BCUT2D eigenvalue weighted by Gasteiger charge is 2.18. The summed E-state index contributed by atoms with van der Waals surface area (Å²) in [6.45, 7) is 1.96. The average molecular weight is 238 g/mol. The van der Waals surface area contributed by atoms with Crippen LogP contribution >= 0.6 is 0 Å². The van der Waals surface area contributed by atoms with Crippen LogP contribution in [0.3, 0.4) is 0 Å². The number of benzene rings is 1. The van der Waals surface area contributed by atoms with Crippen molar-refractivity contribution in [2.75, 3.05) is 13.1 Å². The van der Waals surface area contributed by atoms with Gasteiger partial charge >= 0.3 is 6.09 Å². The first-order valence-electron chi connectivity index (χ1n) is 5.47. The van der Waals surface area contributed by atoms with E-state index in [1.165, 1.54) is 0 Å². The molecule has 0 saturated carbocycles. The maximum Gasteiger partial charge on any atom is 0.407 e. The molecule has 0 spiro atoms. The predicted molar refractivity (Wildman–Crippen MR) is 64.6 cm³/mol. The standard InChI is InChI=1S/C12H18N2O3/c1-9(13)7-14(12(16)17)8-11(15)10-5-3-2-4-6-10/h2-6,9,11,15H,7-8,13H2,1H3,(H,16,17)/t9-,11+/m1/s1. The van der Waals surface area contributed by atoms with Crippen LogP contribution in [0.25, 0.3) is 0 Å². The minimum absolute atomic E-state index is 0.0287. The first kappa shape index (κ1) is 13.5. The highest BCUT2D eigenvalue weighted by Crippen LogP contribution is 2.13. The lowest BCUT2D eigenvalue weighted by molar-refractivity contribution is 0.0947. The molecular formula is C12H18N2O3. The van der Waals surface area contributed by atoms with Crippen molar-refractivity contribution in [1.82, 2.24) is 4.90 Å². The summed E-state index contributed by atoms with van der Waals surface area (Å²) in [5.41, 5.74) is 6.26. The van der Waals surface area contributed by atoms with Gasteiger partial charge < -0.3 is 20.8 Å². The number of aliphatic hydroxyl groups is 1. The quantitative estimate of drug-likeness (QED) is 0.715. The monoisotopic (exact) mass is 238 g/mol. The molecule has 1 aromatic rings. The fourth-order valence-corrected chi connectivity index (χ4v) is 1.57. The lowest BCUT2D eigenvalue weighted by atomic mass is 10.1. The van der Waals surface area contributed by atoms with Gasteiger partial charge in [0.05, 0.1) is 12.6 Å². The van der Waals surface area contributed by atoms with E-state index in [4.69, 9.17) is 10.8 Å². The fourth-order valence-electron chi connectivity index (χ4n) is 1.57. The lowest BCUT2D eigenvalue weighted by Gasteiger charge is -2.24. The molecule has 0 radical (unpaired) electrons. The molecule has 0 aliphatic rings. The van der Waals surface area contributed by atoms with Crippen molar-refractivity contribution in [2.24, 2.45) is 5.73 Å². The molecule has 0 heterocycles. The minimum atomic E-state index is -1.07. The van der Waals surface area contributed by atoms with Gasteiger partial charge in [-0.1, -0.05) is 30.3 Å². The van der Waals surface area contributed by atoms with Crippen LogP contribution in [0.5, 0.6) is 0 Å². The SMILES string of the molecule is C[C@@H](N)CN(C[C@H](O)c1ccccc1)C(=O)O. The van der Waals surface area contributed by atoms with Gasteiger partial charge in [-0.05, 0) is 12.5 Å². The Bertz CT molecular complexity index is 354. The fraction of sp³-hybridized carbons (Fsp3) is 0.417. The van der Waals surface area contributed by atoms with Crippen molar-refractivity contribution in [3.05, 3.63) is 35.9 Å². The molecule has 0 fully saturated rings. The number of nitrogens with zero attached hydrogens (tertiary/aromatic N) is 1. The highest BCUT2D eigenvalue weighted by atomic mass is 16.4. The third-order valence-corrected chi connectivity index (χ3v) is 2.36.